The number of nitrogens with zero attached hydrogens (tertiary/aromatic N) is 1. The molecule has 0 spiro atoms. The van der Waals surface area contributed by atoms with E-state index in [9.17, 15) is 0 Å². The second kappa shape index (κ2) is 5.69. The molecule has 1 rings (SSSR count). The second-order valence-corrected chi connectivity index (χ2v) is 4.56. The predicted molar refractivity (Wildman–Crippen MR) is 65.8 cm³/mol. The first-order valence-corrected chi connectivity index (χ1v) is 5.68. The minimum Gasteiger partial charge on any atom is -0.261 e. The van der Waals surface area contributed by atoms with E-state index in [-0.39, 0.29) is 0 Å². The Bertz CT molecular complexity index is 309. The van der Waals surface area contributed by atoms with E-state index in [2.05, 4.69) is 57.0 Å². The van der Waals surface area contributed by atoms with Gasteiger partial charge in [0.2, 0.25) is 0 Å². The Morgan fingerprint density at radius 3 is 2.53 bits per heavy atom. The Balaban J connectivity index is 2.46. The van der Waals surface area contributed by atoms with Crippen LogP contribution in [0.25, 0.3) is 0 Å². The van der Waals surface area contributed by atoms with Gasteiger partial charge in [0.25, 0.3) is 0 Å². The topological polar surface area (TPSA) is 12.9 Å². The van der Waals surface area contributed by atoms with Crippen LogP contribution in [0.4, 0.5) is 0 Å². The molecule has 0 radical (unpaired) electrons. The lowest BCUT2D eigenvalue weighted by molar-refractivity contribution is 0.503. The van der Waals surface area contributed by atoms with Crippen molar-refractivity contribution < 1.29 is 0 Å². The van der Waals surface area contributed by atoms with Crippen molar-refractivity contribution in [2.24, 2.45) is 11.8 Å². The quantitative estimate of drug-likeness (QED) is 0.679. The fourth-order valence-electron chi connectivity index (χ4n) is 1.24. The SMILES string of the molecule is Cc1ccc(C/C=C\C(C)C(C)C)nc1. The Hall–Kier alpha value is -1.11. The molecule has 1 unspecified atom stereocenters. The highest BCUT2D eigenvalue weighted by atomic mass is 14.7. The highest BCUT2D eigenvalue weighted by Gasteiger charge is 2.01. The molecule has 1 heterocycles. The minimum absolute atomic E-state index is 0.649. The molecule has 1 nitrogen and oxygen atoms in total. The average Bonchev–Trinajstić information content (AvgIpc) is 2.20. The van der Waals surface area contributed by atoms with Gasteiger partial charge >= 0.3 is 0 Å². The van der Waals surface area contributed by atoms with Gasteiger partial charge in [0, 0.05) is 18.3 Å². The smallest absolute Gasteiger partial charge is 0.0441 e. The first-order chi connectivity index (χ1) is 7.09. The number of aromatic nitrogens is 1. The van der Waals surface area contributed by atoms with E-state index in [0.29, 0.717) is 11.8 Å². The number of rotatable bonds is 4. The van der Waals surface area contributed by atoms with Crippen LogP contribution in [0.5, 0.6) is 0 Å². The van der Waals surface area contributed by atoms with Crippen molar-refractivity contribution >= 4 is 0 Å². The van der Waals surface area contributed by atoms with Crippen molar-refractivity contribution in [1.29, 1.82) is 0 Å². The summed E-state index contributed by atoms with van der Waals surface area (Å²) in [6.45, 7) is 8.81. The second-order valence-electron chi connectivity index (χ2n) is 4.56. The van der Waals surface area contributed by atoms with E-state index in [1.54, 1.807) is 0 Å². The van der Waals surface area contributed by atoms with Crippen LogP contribution in [0, 0.1) is 18.8 Å². The third-order valence-corrected chi connectivity index (χ3v) is 2.79. The van der Waals surface area contributed by atoms with Crippen molar-refractivity contribution in [3.63, 3.8) is 0 Å². The van der Waals surface area contributed by atoms with Crippen LogP contribution in [-0.2, 0) is 6.42 Å². The fraction of sp³-hybridized carbons (Fsp3) is 0.500. The van der Waals surface area contributed by atoms with Gasteiger partial charge in [-0.3, -0.25) is 4.98 Å². The number of allylic oxidation sites excluding steroid dienone is 2. The molecule has 0 aliphatic heterocycles. The van der Waals surface area contributed by atoms with Gasteiger partial charge in [-0.2, -0.15) is 0 Å². The molecule has 1 heteroatoms. The molecule has 0 aliphatic carbocycles. The maximum atomic E-state index is 4.37. The Morgan fingerprint density at radius 1 is 1.27 bits per heavy atom. The molecule has 0 saturated heterocycles. The lowest BCUT2D eigenvalue weighted by Gasteiger charge is -2.09. The normalized spacial score (nSPS) is 13.7. The van der Waals surface area contributed by atoms with E-state index >= 15 is 0 Å². The van der Waals surface area contributed by atoms with Gasteiger partial charge in [-0.05, 0) is 30.4 Å². The number of aryl methyl sites for hydroxylation is 1. The molecule has 0 aromatic carbocycles. The van der Waals surface area contributed by atoms with Crippen LogP contribution < -0.4 is 0 Å². The van der Waals surface area contributed by atoms with Gasteiger partial charge in [-0.15, -0.1) is 0 Å². The Morgan fingerprint density at radius 2 is 2.00 bits per heavy atom. The summed E-state index contributed by atoms with van der Waals surface area (Å²) >= 11 is 0. The van der Waals surface area contributed by atoms with Crippen LogP contribution in [0.1, 0.15) is 32.0 Å². The van der Waals surface area contributed by atoms with Gasteiger partial charge in [0.15, 0.2) is 0 Å². The van der Waals surface area contributed by atoms with Gasteiger partial charge in [-0.1, -0.05) is 39.0 Å². The van der Waals surface area contributed by atoms with E-state index < -0.39 is 0 Å². The molecular formula is C14H21N. The molecule has 0 fully saturated rings. The number of pyridine rings is 1. The van der Waals surface area contributed by atoms with Crippen molar-refractivity contribution in [1.82, 2.24) is 4.98 Å². The summed E-state index contributed by atoms with van der Waals surface area (Å²) in [5, 5.41) is 0. The molecule has 1 aromatic rings. The zero-order valence-corrected chi connectivity index (χ0v) is 10.2. The summed E-state index contributed by atoms with van der Waals surface area (Å²) in [7, 11) is 0. The van der Waals surface area contributed by atoms with Crippen LogP contribution in [0.2, 0.25) is 0 Å². The highest BCUT2D eigenvalue weighted by Crippen LogP contribution is 2.11. The lowest BCUT2D eigenvalue weighted by Crippen LogP contribution is -1.99. The minimum atomic E-state index is 0.649. The third kappa shape index (κ3) is 4.28. The lowest BCUT2D eigenvalue weighted by atomic mass is 9.97. The maximum Gasteiger partial charge on any atom is 0.0441 e. The monoisotopic (exact) mass is 203 g/mol. The van der Waals surface area contributed by atoms with Gasteiger partial charge < -0.3 is 0 Å². The Kier molecular flexibility index (Phi) is 4.54. The van der Waals surface area contributed by atoms with Crippen molar-refractivity contribution in [3.8, 4) is 0 Å². The summed E-state index contributed by atoms with van der Waals surface area (Å²) in [6.07, 6.45) is 7.38. The highest BCUT2D eigenvalue weighted by molar-refractivity contribution is 5.14. The van der Waals surface area contributed by atoms with Crippen LogP contribution in [-0.4, -0.2) is 4.98 Å². The Labute approximate surface area is 93.2 Å². The third-order valence-electron chi connectivity index (χ3n) is 2.79. The molecule has 0 aliphatic rings. The van der Waals surface area contributed by atoms with Crippen molar-refractivity contribution in [2.75, 3.05) is 0 Å². The molecule has 15 heavy (non-hydrogen) atoms. The average molecular weight is 203 g/mol. The molecule has 0 saturated carbocycles. The van der Waals surface area contributed by atoms with Crippen LogP contribution >= 0.6 is 0 Å². The summed E-state index contributed by atoms with van der Waals surface area (Å²) < 4.78 is 0. The van der Waals surface area contributed by atoms with E-state index in [4.69, 9.17) is 0 Å². The van der Waals surface area contributed by atoms with E-state index in [1.165, 1.54) is 5.56 Å². The molecule has 0 amide bonds. The summed E-state index contributed by atoms with van der Waals surface area (Å²) in [4.78, 5) is 4.37. The summed E-state index contributed by atoms with van der Waals surface area (Å²) in [6, 6.07) is 4.21. The summed E-state index contributed by atoms with van der Waals surface area (Å²) in [5.74, 6) is 1.36. The van der Waals surface area contributed by atoms with Crippen LogP contribution in [0.3, 0.4) is 0 Å². The van der Waals surface area contributed by atoms with Gasteiger partial charge in [0.1, 0.15) is 0 Å². The fourth-order valence-corrected chi connectivity index (χ4v) is 1.24. The molecule has 1 aromatic heterocycles. The maximum absolute atomic E-state index is 4.37. The molecule has 82 valence electrons. The molecular weight excluding hydrogens is 182 g/mol. The van der Waals surface area contributed by atoms with Gasteiger partial charge in [0.05, 0.1) is 0 Å². The van der Waals surface area contributed by atoms with E-state index in [0.717, 1.165) is 12.1 Å². The molecule has 1 atom stereocenters. The largest absolute Gasteiger partial charge is 0.261 e. The van der Waals surface area contributed by atoms with Crippen LogP contribution in [0.15, 0.2) is 30.5 Å². The summed E-state index contributed by atoms with van der Waals surface area (Å²) in [5.41, 5.74) is 2.37. The molecule has 0 N–H and O–H groups in total. The van der Waals surface area contributed by atoms with Crippen molar-refractivity contribution in [3.05, 3.63) is 41.7 Å². The first kappa shape index (κ1) is 12.0. The predicted octanol–water partition coefficient (Wildman–Crippen LogP) is 3.78. The number of hydrogen-bond acceptors (Lipinski definition) is 1. The first-order valence-electron chi connectivity index (χ1n) is 5.68. The van der Waals surface area contributed by atoms with E-state index in [1.807, 2.05) is 6.20 Å². The van der Waals surface area contributed by atoms with Gasteiger partial charge in [-0.25, -0.2) is 0 Å². The zero-order valence-electron chi connectivity index (χ0n) is 10.2. The number of hydrogen-bond donors (Lipinski definition) is 0. The zero-order chi connectivity index (χ0) is 11.3. The standard InChI is InChI=1S/C14H21N/c1-11(2)13(4)6-5-7-14-9-8-12(3)10-15-14/h5-6,8-11,13H,7H2,1-4H3/b6-5-. The van der Waals surface area contributed by atoms with Crippen molar-refractivity contribution in [2.45, 2.75) is 34.1 Å². The molecule has 0 bridgehead atoms.